The molecule has 168 valence electrons. The van der Waals surface area contributed by atoms with E-state index in [2.05, 4.69) is 31.5 Å². The second-order valence-corrected chi connectivity index (χ2v) is 10.3. The first-order valence-corrected chi connectivity index (χ1v) is 12.4. The summed E-state index contributed by atoms with van der Waals surface area (Å²) in [4.78, 5) is 13.5. The number of para-hydroxylation sites is 1. The van der Waals surface area contributed by atoms with Crippen molar-refractivity contribution in [2.24, 2.45) is 0 Å². The minimum atomic E-state index is -0.303. The van der Waals surface area contributed by atoms with E-state index in [9.17, 15) is 4.79 Å². The molecule has 1 aliphatic carbocycles. The van der Waals surface area contributed by atoms with Gasteiger partial charge >= 0.3 is 0 Å². The molecule has 1 atom stereocenters. The van der Waals surface area contributed by atoms with Crippen LogP contribution in [0, 0.1) is 13.8 Å². The van der Waals surface area contributed by atoms with Crippen molar-refractivity contribution in [3.05, 3.63) is 88.5 Å². The third-order valence-corrected chi connectivity index (χ3v) is 7.34. The van der Waals surface area contributed by atoms with Crippen LogP contribution in [0.5, 0.6) is 0 Å². The van der Waals surface area contributed by atoms with Gasteiger partial charge in [-0.1, -0.05) is 41.6 Å². The number of benzene rings is 2. The number of ketones is 1. The highest BCUT2D eigenvalue weighted by Gasteiger charge is 2.32. The number of carbonyl (C=O) groups is 1. The molecule has 7 heteroatoms. The van der Waals surface area contributed by atoms with Crippen LogP contribution in [0.1, 0.15) is 53.3 Å². The number of Topliss-reactive ketones (excluding diaryl/α,β-unsaturated/α-hetero) is 1. The van der Waals surface area contributed by atoms with Gasteiger partial charge in [0.15, 0.2) is 10.9 Å². The maximum absolute atomic E-state index is 13.5. The number of aromatic nitrogens is 4. The molecule has 0 saturated heterocycles. The first kappa shape index (κ1) is 22.0. The highest BCUT2D eigenvalue weighted by Crippen LogP contribution is 2.41. The van der Waals surface area contributed by atoms with Crippen molar-refractivity contribution in [3.63, 3.8) is 0 Å². The zero-order valence-electron chi connectivity index (χ0n) is 18.8. The number of nitrogens with zero attached hydrogens (tertiary/aromatic N) is 4. The third kappa shape index (κ3) is 4.25. The fourth-order valence-corrected chi connectivity index (χ4v) is 5.28. The van der Waals surface area contributed by atoms with Crippen molar-refractivity contribution in [1.29, 1.82) is 0 Å². The van der Waals surface area contributed by atoms with E-state index in [1.165, 1.54) is 11.8 Å². The van der Waals surface area contributed by atoms with Crippen molar-refractivity contribution in [3.8, 4) is 11.4 Å². The standard InChI is InChI=1S/C26H25ClN4OS/c1-16-15-23(17(2)30(16)22-13-11-20(27)12-14-22)24(32)18(3)33-26-29-28-25(19-9-10-19)31(26)21-7-5-4-6-8-21/h4-8,11-15,18-19H,9-10H2,1-3H3/t18-/m0/s1. The van der Waals surface area contributed by atoms with E-state index in [0.29, 0.717) is 10.9 Å². The second kappa shape index (κ2) is 8.84. The van der Waals surface area contributed by atoms with Crippen LogP contribution < -0.4 is 0 Å². The molecular formula is C26H25ClN4OS. The molecule has 1 aliphatic rings. The monoisotopic (exact) mass is 476 g/mol. The molecule has 0 unspecified atom stereocenters. The van der Waals surface area contributed by atoms with E-state index in [0.717, 1.165) is 52.1 Å². The van der Waals surface area contributed by atoms with Crippen molar-refractivity contribution in [2.75, 3.05) is 0 Å². The van der Waals surface area contributed by atoms with Gasteiger partial charge in [-0.25, -0.2) is 0 Å². The van der Waals surface area contributed by atoms with Crippen LogP contribution in [0.15, 0.2) is 65.8 Å². The van der Waals surface area contributed by atoms with Crippen LogP contribution in [-0.2, 0) is 0 Å². The fraction of sp³-hybridized carbons (Fsp3) is 0.269. The lowest BCUT2D eigenvalue weighted by Gasteiger charge is -2.14. The van der Waals surface area contributed by atoms with Gasteiger partial charge in [0, 0.05) is 39.3 Å². The summed E-state index contributed by atoms with van der Waals surface area (Å²) in [6.07, 6.45) is 2.28. The molecule has 2 aromatic carbocycles. The van der Waals surface area contributed by atoms with Crippen LogP contribution >= 0.6 is 23.4 Å². The number of carbonyl (C=O) groups excluding carboxylic acids is 1. The van der Waals surface area contributed by atoms with Gasteiger partial charge in [-0.3, -0.25) is 9.36 Å². The average molecular weight is 477 g/mol. The van der Waals surface area contributed by atoms with Gasteiger partial charge in [0.25, 0.3) is 0 Å². The maximum Gasteiger partial charge on any atom is 0.196 e. The number of aryl methyl sites for hydroxylation is 1. The molecule has 5 nitrogen and oxygen atoms in total. The minimum absolute atomic E-state index is 0.0869. The van der Waals surface area contributed by atoms with Crippen LogP contribution in [-0.4, -0.2) is 30.4 Å². The molecule has 2 aromatic heterocycles. The Hall–Kier alpha value is -2.83. The van der Waals surface area contributed by atoms with E-state index < -0.39 is 0 Å². The molecular weight excluding hydrogens is 452 g/mol. The highest BCUT2D eigenvalue weighted by atomic mass is 35.5. The van der Waals surface area contributed by atoms with E-state index in [1.807, 2.05) is 69.3 Å². The molecule has 4 aromatic rings. The Balaban J connectivity index is 1.44. The molecule has 0 aliphatic heterocycles. The Kier molecular flexibility index (Phi) is 5.89. The Bertz CT molecular complexity index is 1310. The predicted octanol–water partition coefficient (Wildman–Crippen LogP) is 6.57. The Morgan fingerprint density at radius 3 is 2.33 bits per heavy atom. The summed E-state index contributed by atoms with van der Waals surface area (Å²) in [6.45, 7) is 5.95. The largest absolute Gasteiger partial charge is 0.318 e. The summed E-state index contributed by atoms with van der Waals surface area (Å²) < 4.78 is 4.21. The third-order valence-electron chi connectivity index (χ3n) is 6.05. The molecule has 0 spiro atoms. The van der Waals surface area contributed by atoms with E-state index in [1.54, 1.807) is 0 Å². The predicted molar refractivity (Wildman–Crippen MR) is 133 cm³/mol. The summed E-state index contributed by atoms with van der Waals surface area (Å²) in [7, 11) is 0. The Morgan fingerprint density at radius 2 is 1.67 bits per heavy atom. The smallest absolute Gasteiger partial charge is 0.196 e. The number of rotatable bonds is 7. The topological polar surface area (TPSA) is 52.7 Å². The lowest BCUT2D eigenvalue weighted by atomic mass is 10.1. The first-order valence-electron chi connectivity index (χ1n) is 11.1. The molecule has 2 heterocycles. The van der Waals surface area contributed by atoms with Gasteiger partial charge < -0.3 is 4.57 Å². The zero-order chi connectivity index (χ0) is 23.1. The number of hydrogen-bond donors (Lipinski definition) is 0. The van der Waals surface area contributed by atoms with Gasteiger partial charge in [0.05, 0.1) is 5.25 Å². The van der Waals surface area contributed by atoms with Crippen molar-refractivity contribution in [1.82, 2.24) is 19.3 Å². The SMILES string of the molecule is Cc1cc(C(=O)[C@H](C)Sc2nnc(C3CC3)n2-c2ccccc2)c(C)n1-c1ccc(Cl)cc1. The van der Waals surface area contributed by atoms with Gasteiger partial charge in [-0.2, -0.15) is 0 Å². The summed E-state index contributed by atoms with van der Waals surface area (Å²) in [6, 6.07) is 19.8. The van der Waals surface area contributed by atoms with E-state index >= 15 is 0 Å². The fourth-order valence-electron chi connectivity index (χ4n) is 4.21. The number of thioether (sulfide) groups is 1. The van der Waals surface area contributed by atoms with E-state index in [4.69, 9.17) is 11.6 Å². The van der Waals surface area contributed by atoms with Gasteiger partial charge in [0.2, 0.25) is 0 Å². The number of hydrogen-bond acceptors (Lipinski definition) is 4. The molecule has 0 amide bonds. The molecule has 1 fully saturated rings. The van der Waals surface area contributed by atoms with Gasteiger partial charge in [-0.15, -0.1) is 10.2 Å². The Morgan fingerprint density at radius 1 is 1.00 bits per heavy atom. The molecule has 33 heavy (non-hydrogen) atoms. The van der Waals surface area contributed by atoms with E-state index in [-0.39, 0.29) is 11.0 Å². The van der Waals surface area contributed by atoms with Gasteiger partial charge in [-0.05, 0) is 76.1 Å². The quantitative estimate of drug-likeness (QED) is 0.223. The van der Waals surface area contributed by atoms with Crippen molar-refractivity contribution >= 4 is 29.1 Å². The van der Waals surface area contributed by atoms with Crippen molar-refractivity contribution < 1.29 is 4.79 Å². The second-order valence-electron chi connectivity index (χ2n) is 8.51. The summed E-state index contributed by atoms with van der Waals surface area (Å²) in [5.74, 6) is 1.53. The van der Waals surface area contributed by atoms with Crippen LogP contribution in [0.25, 0.3) is 11.4 Å². The summed E-state index contributed by atoms with van der Waals surface area (Å²) in [5, 5.41) is 10.1. The van der Waals surface area contributed by atoms with Gasteiger partial charge in [0.1, 0.15) is 5.82 Å². The van der Waals surface area contributed by atoms with Crippen molar-refractivity contribution in [2.45, 2.75) is 49.9 Å². The molecule has 0 radical (unpaired) electrons. The minimum Gasteiger partial charge on any atom is -0.318 e. The molecule has 0 N–H and O–H groups in total. The van der Waals surface area contributed by atoms with Crippen LogP contribution in [0.2, 0.25) is 5.02 Å². The molecule has 0 bridgehead atoms. The first-order chi connectivity index (χ1) is 15.9. The summed E-state index contributed by atoms with van der Waals surface area (Å²) in [5.41, 5.74) is 4.70. The van der Waals surface area contributed by atoms with Crippen LogP contribution in [0.4, 0.5) is 0 Å². The number of halogens is 1. The lowest BCUT2D eigenvalue weighted by Crippen LogP contribution is -2.16. The summed E-state index contributed by atoms with van der Waals surface area (Å²) >= 11 is 7.52. The average Bonchev–Trinajstić information content (AvgIpc) is 3.51. The highest BCUT2D eigenvalue weighted by molar-refractivity contribution is 8.00. The molecule has 5 rings (SSSR count). The maximum atomic E-state index is 13.5. The normalized spacial score (nSPS) is 14.4. The molecule has 1 saturated carbocycles. The lowest BCUT2D eigenvalue weighted by molar-refractivity contribution is 0.0993. The van der Waals surface area contributed by atoms with Crippen LogP contribution in [0.3, 0.4) is 0 Å². The Labute approximate surface area is 202 Å². The zero-order valence-corrected chi connectivity index (χ0v) is 20.4.